The molecule has 0 aromatic heterocycles. The molecule has 4 heteroatoms. The quantitative estimate of drug-likeness (QED) is 0.720. The summed E-state index contributed by atoms with van der Waals surface area (Å²) in [6.45, 7) is 5.88. The molecule has 2 unspecified atom stereocenters. The van der Waals surface area contributed by atoms with Gasteiger partial charge in [-0.3, -0.25) is 4.21 Å². The SMILES string of the molecule is CCOC1CC(NCCC(C)S(C)=O)C1. The van der Waals surface area contributed by atoms with Crippen LogP contribution in [0.2, 0.25) is 0 Å². The maximum atomic E-state index is 11.1. The lowest BCUT2D eigenvalue weighted by Gasteiger charge is -2.35. The molecule has 1 aliphatic rings. The minimum absolute atomic E-state index is 0.306. The van der Waals surface area contributed by atoms with Crippen molar-refractivity contribution >= 4 is 10.8 Å². The molecule has 0 bridgehead atoms. The summed E-state index contributed by atoms with van der Waals surface area (Å²) in [5, 5.41) is 3.78. The van der Waals surface area contributed by atoms with E-state index in [0.717, 1.165) is 32.4 Å². The van der Waals surface area contributed by atoms with Gasteiger partial charge in [0.25, 0.3) is 0 Å². The molecular formula is C11H23NO2S. The summed E-state index contributed by atoms with van der Waals surface area (Å²) >= 11 is 0. The Kier molecular flexibility index (Phi) is 5.79. The summed E-state index contributed by atoms with van der Waals surface area (Å²) in [7, 11) is -0.684. The van der Waals surface area contributed by atoms with Crippen molar-refractivity contribution in [3.05, 3.63) is 0 Å². The van der Waals surface area contributed by atoms with Gasteiger partial charge in [-0.05, 0) is 32.7 Å². The van der Waals surface area contributed by atoms with E-state index in [1.807, 2.05) is 13.8 Å². The maximum absolute atomic E-state index is 11.1. The largest absolute Gasteiger partial charge is 0.378 e. The van der Waals surface area contributed by atoms with E-state index in [1.54, 1.807) is 6.26 Å². The second kappa shape index (κ2) is 6.61. The second-order valence-electron chi connectivity index (χ2n) is 4.30. The number of ether oxygens (including phenoxy) is 1. The van der Waals surface area contributed by atoms with Crippen LogP contribution in [0.25, 0.3) is 0 Å². The van der Waals surface area contributed by atoms with Crippen LogP contribution in [0.3, 0.4) is 0 Å². The van der Waals surface area contributed by atoms with Crippen molar-refractivity contribution in [1.82, 2.24) is 5.32 Å². The molecular weight excluding hydrogens is 210 g/mol. The number of nitrogens with one attached hydrogen (secondary N) is 1. The zero-order valence-electron chi connectivity index (χ0n) is 9.99. The van der Waals surface area contributed by atoms with Gasteiger partial charge in [-0.15, -0.1) is 0 Å². The van der Waals surface area contributed by atoms with Crippen LogP contribution in [-0.2, 0) is 15.5 Å². The van der Waals surface area contributed by atoms with Gasteiger partial charge in [0, 0.05) is 35.0 Å². The molecule has 1 fully saturated rings. The smallest absolute Gasteiger partial charge is 0.0604 e. The summed E-state index contributed by atoms with van der Waals surface area (Å²) in [5.74, 6) is 0. The lowest BCUT2D eigenvalue weighted by atomic mass is 9.89. The third-order valence-corrected chi connectivity index (χ3v) is 4.42. The first-order chi connectivity index (χ1) is 7.13. The second-order valence-corrected chi connectivity index (χ2v) is 6.10. The van der Waals surface area contributed by atoms with Crippen molar-refractivity contribution in [3.8, 4) is 0 Å². The highest BCUT2D eigenvalue weighted by molar-refractivity contribution is 7.84. The van der Waals surface area contributed by atoms with Gasteiger partial charge >= 0.3 is 0 Å². The van der Waals surface area contributed by atoms with Crippen LogP contribution in [0.1, 0.15) is 33.1 Å². The third-order valence-electron chi connectivity index (χ3n) is 3.05. The lowest BCUT2D eigenvalue weighted by molar-refractivity contribution is -0.00971. The molecule has 0 heterocycles. The van der Waals surface area contributed by atoms with Crippen LogP contribution in [-0.4, -0.2) is 41.0 Å². The van der Waals surface area contributed by atoms with E-state index in [1.165, 1.54) is 0 Å². The molecule has 0 radical (unpaired) electrons. The first-order valence-electron chi connectivity index (χ1n) is 5.80. The van der Waals surface area contributed by atoms with Crippen LogP contribution in [0.4, 0.5) is 0 Å². The summed E-state index contributed by atoms with van der Waals surface area (Å²) < 4.78 is 16.6. The summed E-state index contributed by atoms with van der Waals surface area (Å²) in [6, 6.07) is 0.624. The zero-order chi connectivity index (χ0) is 11.3. The highest BCUT2D eigenvalue weighted by atomic mass is 32.2. The van der Waals surface area contributed by atoms with Crippen LogP contribution in [0, 0.1) is 0 Å². The molecule has 15 heavy (non-hydrogen) atoms. The first kappa shape index (κ1) is 13.1. The minimum atomic E-state index is -0.684. The molecule has 1 saturated carbocycles. The third kappa shape index (κ3) is 4.62. The summed E-state index contributed by atoms with van der Waals surface area (Å²) in [5.41, 5.74) is 0. The van der Waals surface area contributed by atoms with Gasteiger partial charge in [-0.1, -0.05) is 6.92 Å². The Balaban J connectivity index is 1.97. The molecule has 0 aromatic carbocycles. The average Bonchev–Trinajstić information content (AvgIpc) is 2.13. The predicted molar refractivity (Wildman–Crippen MR) is 64.6 cm³/mol. The fraction of sp³-hybridized carbons (Fsp3) is 1.00. The monoisotopic (exact) mass is 233 g/mol. The standard InChI is InChI=1S/C11H23NO2S/c1-4-14-11-7-10(8-11)12-6-5-9(2)15(3)13/h9-12H,4-8H2,1-3H3. The van der Waals surface area contributed by atoms with Gasteiger partial charge in [-0.2, -0.15) is 0 Å². The Hall–Kier alpha value is 0.0700. The van der Waals surface area contributed by atoms with Gasteiger partial charge in [-0.25, -0.2) is 0 Å². The van der Waals surface area contributed by atoms with Crippen LogP contribution in [0.15, 0.2) is 0 Å². The van der Waals surface area contributed by atoms with E-state index in [-0.39, 0.29) is 0 Å². The van der Waals surface area contributed by atoms with E-state index >= 15 is 0 Å². The van der Waals surface area contributed by atoms with Crippen molar-refractivity contribution in [2.75, 3.05) is 19.4 Å². The topological polar surface area (TPSA) is 38.3 Å². The normalized spacial score (nSPS) is 29.5. The predicted octanol–water partition coefficient (Wildman–Crippen LogP) is 1.30. The maximum Gasteiger partial charge on any atom is 0.0604 e. The van der Waals surface area contributed by atoms with Crippen molar-refractivity contribution < 1.29 is 8.95 Å². The van der Waals surface area contributed by atoms with Gasteiger partial charge in [0.05, 0.1) is 6.10 Å². The van der Waals surface area contributed by atoms with Gasteiger partial charge in [0.2, 0.25) is 0 Å². The van der Waals surface area contributed by atoms with Crippen molar-refractivity contribution in [2.24, 2.45) is 0 Å². The molecule has 90 valence electrons. The molecule has 0 spiro atoms. The molecule has 0 aliphatic heterocycles. The molecule has 0 amide bonds. The van der Waals surface area contributed by atoms with Crippen LogP contribution in [0.5, 0.6) is 0 Å². The van der Waals surface area contributed by atoms with Gasteiger partial charge < -0.3 is 10.1 Å². The van der Waals surface area contributed by atoms with Crippen molar-refractivity contribution in [2.45, 2.75) is 50.5 Å². The molecule has 3 nitrogen and oxygen atoms in total. The Morgan fingerprint density at radius 1 is 1.53 bits per heavy atom. The first-order valence-corrected chi connectivity index (χ1v) is 7.42. The molecule has 1 aliphatic carbocycles. The number of hydrogen-bond donors (Lipinski definition) is 1. The lowest BCUT2D eigenvalue weighted by Crippen LogP contribution is -2.46. The van der Waals surface area contributed by atoms with Crippen LogP contribution < -0.4 is 5.32 Å². The van der Waals surface area contributed by atoms with E-state index in [2.05, 4.69) is 5.32 Å². The average molecular weight is 233 g/mol. The molecule has 0 saturated heterocycles. The Morgan fingerprint density at radius 2 is 2.20 bits per heavy atom. The fourth-order valence-electron chi connectivity index (χ4n) is 1.76. The number of rotatable bonds is 7. The summed E-state index contributed by atoms with van der Waals surface area (Å²) in [4.78, 5) is 0. The molecule has 1 N–H and O–H groups in total. The Morgan fingerprint density at radius 3 is 2.73 bits per heavy atom. The minimum Gasteiger partial charge on any atom is -0.378 e. The van der Waals surface area contributed by atoms with Crippen molar-refractivity contribution in [1.29, 1.82) is 0 Å². The summed E-state index contributed by atoms with van der Waals surface area (Å²) in [6.07, 6.45) is 5.53. The Labute approximate surface area is 95.4 Å². The highest BCUT2D eigenvalue weighted by Gasteiger charge is 2.28. The molecule has 1 rings (SSSR count). The fourth-order valence-corrected chi connectivity index (χ4v) is 2.21. The highest BCUT2D eigenvalue weighted by Crippen LogP contribution is 2.23. The van der Waals surface area contributed by atoms with Gasteiger partial charge in [0.15, 0.2) is 0 Å². The van der Waals surface area contributed by atoms with E-state index < -0.39 is 10.8 Å². The van der Waals surface area contributed by atoms with Crippen molar-refractivity contribution in [3.63, 3.8) is 0 Å². The zero-order valence-corrected chi connectivity index (χ0v) is 10.8. The van der Waals surface area contributed by atoms with E-state index in [0.29, 0.717) is 17.4 Å². The molecule has 2 atom stereocenters. The van der Waals surface area contributed by atoms with E-state index in [9.17, 15) is 4.21 Å². The molecule has 0 aromatic rings. The Bertz CT molecular complexity index is 205. The van der Waals surface area contributed by atoms with E-state index in [4.69, 9.17) is 4.74 Å². The van der Waals surface area contributed by atoms with Gasteiger partial charge in [0.1, 0.15) is 0 Å². The van der Waals surface area contributed by atoms with Crippen LogP contribution >= 0.6 is 0 Å². The number of hydrogen-bond acceptors (Lipinski definition) is 3.